The van der Waals surface area contributed by atoms with Crippen LogP contribution in [-0.4, -0.2) is 4.57 Å². The van der Waals surface area contributed by atoms with Crippen LogP contribution in [0.25, 0.3) is 148 Å². The van der Waals surface area contributed by atoms with Crippen molar-refractivity contribution >= 4 is 64.9 Å². The molecular weight excluding hydrogens is 927 g/mol. The first-order valence-corrected chi connectivity index (χ1v) is 26.6. The third-order valence-electron chi connectivity index (χ3n) is 16.0. The van der Waals surface area contributed by atoms with Crippen LogP contribution in [0.4, 0.5) is 0 Å². The molecule has 0 unspecified atom stereocenters. The number of hydrogen-bond acceptors (Lipinski definition) is 0. The highest BCUT2D eigenvalue weighted by Crippen LogP contribution is 2.46. The zero-order chi connectivity index (χ0) is 50.8. The Bertz CT molecular complexity index is 4550. The lowest BCUT2D eigenvalue weighted by Crippen LogP contribution is -1.94. The quantitative estimate of drug-likeness (QED) is 0.134. The molecular formula is C76H49N. The molecule has 1 heteroatoms. The van der Waals surface area contributed by atoms with Gasteiger partial charge in [0.15, 0.2) is 0 Å². The summed E-state index contributed by atoms with van der Waals surface area (Å²) in [5.41, 5.74) is 20.5. The average Bonchev–Trinajstić information content (AvgIpc) is 3.85. The molecule has 0 atom stereocenters. The summed E-state index contributed by atoms with van der Waals surface area (Å²) in [5.74, 6) is 0. The Hall–Kier alpha value is -10.1. The molecule has 15 rings (SSSR count). The molecule has 77 heavy (non-hydrogen) atoms. The third kappa shape index (κ3) is 7.63. The molecule has 0 spiro atoms. The van der Waals surface area contributed by atoms with Gasteiger partial charge in [0, 0.05) is 16.5 Å². The van der Waals surface area contributed by atoms with Gasteiger partial charge in [0.25, 0.3) is 0 Å². The molecule has 0 aliphatic carbocycles. The Morgan fingerprint density at radius 2 is 0.519 bits per heavy atom. The van der Waals surface area contributed by atoms with E-state index in [0.717, 1.165) is 5.69 Å². The summed E-state index contributed by atoms with van der Waals surface area (Å²) in [6.07, 6.45) is 0. The molecule has 0 saturated carbocycles. The van der Waals surface area contributed by atoms with E-state index in [1.807, 2.05) is 0 Å². The van der Waals surface area contributed by atoms with Crippen molar-refractivity contribution in [1.29, 1.82) is 0 Å². The predicted octanol–water partition coefficient (Wildman–Crippen LogP) is 21.1. The smallest absolute Gasteiger partial charge is 0.0541 e. The van der Waals surface area contributed by atoms with Crippen LogP contribution in [0.5, 0.6) is 0 Å². The first-order chi connectivity index (χ1) is 38.2. The van der Waals surface area contributed by atoms with Crippen LogP contribution in [0, 0.1) is 0 Å². The van der Waals surface area contributed by atoms with E-state index in [1.54, 1.807) is 0 Å². The SMILES string of the molecule is c1ccc(-c2c3ccccc3c(-c3ccccc3)c3cc(-c4ccc(-n5c6ccc(-c7ccc(-c8cccc9ccccc89)cc7)cc6c6cc(-c7ccc(-c8cccc9ccccc89)cc7)ccc65)cc4)ccc23)cc1. The maximum atomic E-state index is 2.45. The first kappa shape index (κ1) is 44.4. The van der Waals surface area contributed by atoms with E-state index < -0.39 is 0 Å². The fourth-order valence-corrected chi connectivity index (χ4v) is 12.3. The highest BCUT2D eigenvalue weighted by Gasteiger charge is 2.19. The Balaban J connectivity index is 0.852. The molecule has 1 nitrogen and oxygen atoms in total. The second-order valence-electron chi connectivity index (χ2n) is 20.3. The zero-order valence-electron chi connectivity index (χ0n) is 42.2. The van der Waals surface area contributed by atoms with Gasteiger partial charge in [0.05, 0.1) is 11.0 Å². The largest absolute Gasteiger partial charge is 0.309 e. The Kier molecular flexibility index (Phi) is 10.6. The first-order valence-electron chi connectivity index (χ1n) is 26.6. The van der Waals surface area contributed by atoms with Gasteiger partial charge < -0.3 is 4.57 Å². The number of hydrogen-bond donors (Lipinski definition) is 0. The second-order valence-corrected chi connectivity index (χ2v) is 20.3. The predicted molar refractivity (Wildman–Crippen MR) is 329 cm³/mol. The summed E-state index contributed by atoms with van der Waals surface area (Å²) in [4.78, 5) is 0. The van der Waals surface area contributed by atoms with Crippen LogP contribution in [0.2, 0.25) is 0 Å². The van der Waals surface area contributed by atoms with E-state index in [4.69, 9.17) is 0 Å². The summed E-state index contributed by atoms with van der Waals surface area (Å²) in [6, 6.07) is 110. The van der Waals surface area contributed by atoms with Gasteiger partial charge in [0.1, 0.15) is 0 Å². The molecule has 14 aromatic carbocycles. The summed E-state index contributed by atoms with van der Waals surface area (Å²) in [6.45, 7) is 0. The maximum Gasteiger partial charge on any atom is 0.0541 e. The van der Waals surface area contributed by atoms with Crippen molar-refractivity contribution in [2.45, 2.75) is 0 Å². The van der Waals surface area contributed by atoms with Gasteiger partial charge in [-0.2, -0.15) is 0 Å². The van der Waals surface area contributed by atoms with Crippen molar-refractivity contribution in [2.24, 2.45) is 0 Å². The van der Waals surface area contributed by atoms with Crippen LogP contribution in [0.1, 0.15) is 0 Å². The lowest BCUT2D eigenvalue weighted by atomic mass is 9.85. The lowest BCUT2D eigenvalue weighted by molar-refractivity contribution is 1.18. The van der Waals surface area contributed by atoms with Crippen LogP contribution >= 0.6 is 0 Å². The summed E-state index contributed by atoms with van der Waals surface area (Å²) in [7, 11) is 0. The van der Waals surface area contributed by atoms with E-state index >= 15 is 0 Å². The number of fused-ring (bicyclic) bond motifs is 7. The standard InChI is InChI=1S/C76H49N/c1-3-17-57(18-4-1)75-67-25-11-12-26-68(67)76(58-19-5-2-6-20-58)72-49-59(39-44-69(72)75)52-37-42-62(43-38-52)77-73-45-40-60(50-29-33-55(34-30-50)65-27-13-21-53-15-7-9-23-63(53)65)47-70(73)71-48-61(41-46-74(71)77)51-31-35-56(36-32-51)66-28-14-22-54-16-8-10-24-64(54)66/h1-49H. The molecule has 0 saturated heterocycles. The number of aromatic nitrogens is 1. The normalized spacial score (nSPS) is 11.6. The minimum atomic E-state index is 1.12. The molecule has 15 aromatic rings. The maximum absolute atomic E-state index is 2.45. The van der Waals surface area contributed by atoms with Gasteiger partial charge in [0.2, 0.25) is 0 Å². The number of nitrogens with zero attached hydrogens (tertiary/aromatic N) is 1. The minimum absolute atomic E-state index is 1.12. The van der Waals surface area contributed by atoms with E-state index in [1.165, 1.54) is 143 Å². The van der Waals surface area contributed by atoms with Crippen LogP contribution in [-0.2, 0) is 0 Å². The van der Waals surface area contributed by atoms with Gasteiger partial charge in [-0.3, -0.25) is 0 Å². The van der Waals surface area contributed by atoms with Crippen molar-refractivity contribution in [2.75, 3.05) is 0 Å². The van der Waals surface area contributed by atoms with Gasteiger partial charge in [-0.15, -0.1) is 0 Å². The Labute approximate surface area is 447 Å². The highest BCUT2D eigenvalue weighted by molar-refractivity contribution is 6.22. The van der Waals surface area contributed by atoms with E-state index in [2.05, 4.69) is 302 Å². The monoisotopic (exact) mass is 975 g/mol. The Morgan fingerprint density at radius 1 is 0.182 bits per heavy atom. The molecule has 0 amide bonds. The van der Waals surface area contributed by atoms with E-state index in [-0.39, 0.29) is 0 Å². The fraction of sp³-hybridized carbons (Fsp3) is 0. The van der Waals surface area contributed by atoms with Gasteiger partial charge in [-0.25, -0.2) is 0 Å². The van der Waals surface area contributed by atoms with Crippen molar-refractivity contribution < 1.29 is 0 Å². The van der Waals surface area contributed by atoms with Crippen molar-refractivity contribution in [3.8, 4) is 83.6 Å². The fourth-order valence-electron chi connectivity index (χ4n) is 12.3. The van der Waals surface area contributed by atoms with Gasteiger partial charge in [-0.05, 0) is 163 Å². The summed E-state index contributed by atoms with van der Waals surface area (Å²) < 4.78 is 2.45. The van der Waals surface area contributed by atoms with E-state index in [9.17, 15) is 0 Å². The van der Waals surface area contributed by atoms with E-state index in [0.29, 0.717) is 0 Å². The average molecular weight is 976 g/mol. The van der Waals surface area contributed by atoms with Crippen molar-refractivity contribution in [3.05, 3.63) is 297 Å². The van der Waals surface area contributed by atoms with Crippen molar-refractivity contribution in [3.63, 3.8) is 0 Å². The van der Waals surface area contributed by atoms with Gasteiger partial charge >= 0.3 is 0 Å². The molecule has 0 bridgehead atoms. The van der Waals surface area contributed by atoms with Gasteiger partial charge in [-0.1, -0.05) is 255 Å². The molecule has 0 aliphatic heterocycles. The second kappa shape index (κ2) is 18.4. The molecule has 358 valence electrons. The summed E-state index contributed by atoms with van der Waals surface area (Å²) >= 11 is 0. The molecule has 1 aromatic heterocycles. The lowest BCUT2D eigenvalue weighted by Gasteiger charge is -2.19. The molecule has 0 N–H and O–H groups in total. The highest BCUT2D eigenvalue weighted by atomic mass is 15.0. The molecule has 0 radical (unpaired) electrons. The molecule has 0 aliphatic rings. The van der Waals surface area contributed by atoms with Crippen LogP contribution < -0.4 is 0 Å². The third-order valence-corrected chi connectivity index (χ3v) is 16.0. The van der Waals surface area contributed by atoms with Crippen molar-refractivity contribution in [1.82, 2.24) is 4.57 Å². The number of rotatable bonds is 8. The molecule has 0 fully saturated rings. The van der Waals surface area contributed by atoms with Crippen LogP contribution in [0.3, 0.4) is 0 Å². The Morgan fingerprint density at radius 3 is 1.00 bits per heavy atom. The minimum Gasteiger partial charge on any atom is -0.309 e. The molecule has 1 heterocycles. The van der Waals surface area contributed by atoms with Crippen LogP contribution in [0.15, 0.2) is 297 Å². The zero-order valence-corrected chi connectivity index (χ0v) is 42.2. The summed E-state index contributed by atoms with van der Waals surface area (Å²) in [5, 5.41) is 12.5. The number of benzene rings is 14. The topological polar surface area (TPSA) is 4.93 Å².